The van der Waals surface area contributed by atoms with Crippen LogP contribution < -0.4 is 5.32 Å². The lowest BCUT2D eigenvalue weighted by atomic mass is 10.1. The quantitative estimate of drug-likeness (QED) is 0.738. The molecule has 0 aliphatic heterocycles. The Morgan fingerprint density at radius 1 is 1.07 bits per heavy atom. The predicted octanol–water partition coefficient (Wildman–Crippen LogP) is 4.01. The van der Waals surface area contributed by atoms with Crippen molar-refractivity contribution in [2.45, 2.75) is 31.6 Å². The van der Waals surface area contributed by atoms with Crippen LogP contribution in [0.4, 0.5) is 18.9 Å². The van der Waals surface area contributed by atoms with Crippen molar-refractivity contribution in [3.8, 4) is 0 Å². The fourth-order valence-corrected chi connectivity index (χ4v) is 3.28. The van der Waals surface area contributed by atoms with Crippen molar-refractivity contribution in [1.29, 1.82) is 0 Å². The van der Waals surface area contributed by atoms with Gasteiger partial charge in [0.05, 0.1) is 12.1 Å². The summed E-state index contributed by atoms with van der Waals surface area (Å²) in [5, 5.41) is 2.75. The number of hydrogen-bond donors (Lipinski definition) is 1. The van der Waals surface area contributed by atoms with E-state index in [0.717, 1.165) is 18.9 Å². The minimum Gasteiger partial charge on any atom is -0.345 e. The molecule has 0 aromatic heterocycles. The summed E-state index contributed by atoms with van der Waals surface area (Å²) in [5.74, 6) is -0.518. The van der Waals surface area contributed by atoms with E-state index in [2.05, 4.69) is 5.32 Å². The molecule has 8 heteroatoms. The van der Waals surface area contributed by atoms with Crippen LogP contribution in [0, 0.1) is 0 Å². The number of anilines is 1. The van der Waals surface area contributed by atoms with Crippen LogP contribution >= 0.6 is 0 Å². The molecule has 0 radical (unpaired) electrons. The van der Waals surface area contributed by atoms with Gasteiger partial charge >= 0.3 is 6.18 Å². The second-order valence-electron chi connectivity index (χ2n) is 7.62. The molecule has 5 nitrogen and oxygen atoms in total. The van der Waals surface area contributed by atoms with E-state index in [4.69, 9.17) is 0 Å². The van der Waals surface area contributed by atoms with Gasteiger partial charge in [-0.1, -0.05) is 24.3 Å². The van der Waals surface area contributed by atoms with Crippen molar-refractivity contribution in [3.05, 3.63) is 65.2 Å². The van der Waals surface area contributed by atoms with Gasteiger partial charge in [0.15, 0.2) is 0 Å². The van der Waals surface area contributed by atoms with Gasteiger partial charge in [0.1, 0.15) is 0 Å². The summed E-state index contributed by atoms with van der Waals surface area (Å²) in [7, 11) is 3.28. The number of benzene rings is 2. The van der Waals surface area contributed by atoms with Crippen LogP contribution in [0.2, 0.25) is 0 Å². The standard InChI is InChI=1S/C22H24F3N3O2/c1-27(2)21(30)15-7-5-8-17(12-15)26-20(29)14-28(18-10-11-18)13-16-6-3-4-9-19(16)22(23,24)25/h3-9,12,18H,10-11,13-14H2,1-2H3,(H,26,29). The highest BCUT2D eigenvalue weighted by atomic mass is 19.4. The van der Waals surface area contributed by atoms with E-state index in [1.165, 1.54) is 17.0 Å². The number of alkyl halides is 3. The number of nitrogens with zero attached hydrogens (tertiary/aromatic N) is 2. The molecular formula is C22H24F3N3O2. The van der Waals surface area contributed by atoms with E-state index in [0.29, 0.717) is 11.3 Å². The van der Waals surface area contributed by atoms with Gasteiger partial charge in [-0.25, -0.2) is 0 Å². The van der Waals surface area contributed by atoms with Crippen LogP contribution in [0.25, 0.3) is 0 Å². The van der Waals surface area contributed by atoms with E-state index < -0.39 is 11.7 Å². The lowest BCUT2D eigenvalue weighted by molar-refractivity contribution is -0.138. The first kappa shape index (κ1) is 21.8. The molecule has 2 aromatic rings. The first-order valence-electron chi connectivity index (χ1n) is 9.66. The molecule has 2 aromatic carbocycles. The van der Waals surface area contributed by atoms with Crippen molar-refractivity contribution in [3.63, 3.8) is 0 Å². The summed E-state index contributed by atoms with van der Waals surface area (Å²) in [6.45, 7) is 0.0235. The summed E-state index contributed by atoms with van der Waals surface area (Å²) in [6.07, 6.45) is -2.73. The van der Waals surface area contributed by atoms with Gasteiger partial charge in [-0.3, -0.25) is 14.5 Å². The van der Waals surface area contributed by atoms with Crippen molar-refractivity contribution >= 4 is 17.5 Å². The molecule has 0 spiro atoms. The molecular weight excluding hydrogens is 395 g/mol. The number of halogens is 3. The average Bonchev–Trinajstić information content (AvgIpc) is 3.52. The Morgan fingerprint density at radius 3 is 2.40 bits per heavy atom. The number of nitrogens with one attached hydrogen (secondary N) is 1. The Hall–Kier alpha value is -2.87. The maximum atomic E-state index is 13.3. The van der Waals surface area contributed by atoms with E-state index in [-0.39, 0.29) is 36.5 Å². The lowest BCUT2D eigenvalue weighted by Gasteiger charge is -2.23. The highest BCUT2D eigenvalue weighted by molar-refractivity contribution is 5.97. The van der Waals surface area contributed by atoms with Gasteiger partial charge in [-0.15, -0.1) is 0 Å². The van der Waals surface area contributed by atoms with E-state index in [1.54, 1.807) is 49.3 Å². The summed E-state index contributed by atoms with van der Waals surface area (Å²) in [6, 6.07) is 12.1. The third-order valence-corrected chi connectivity index (χ3v) is 4.91. The molecule has 0 unspecified atom stereocenters. The summed E-state index contributed by atoms with van der Waals surface area (Å²) >= 11 is 0. The predicted molar refractivity (Wildman–Crippen MR) is 108 cm³/mol. The SMILES string of the molecule is CN(C)C(=O)c1cccc(NC(=O)CN(Cc2ccccc2C(F)(F)F)C2CC2)c1. The maximum absolute atomic E-state index is 13.3. The molecule has 1 aliphatic rings. The molecule has 1 saturated carbocycles. The highest BCUT2D eigenvalue weighted by Crippen LogP contribution is 2.34. The summed E-state index contributed by atoms with van der Waals surface area (Å²) < 4.78 is 39.9. The molecule has 1 fully saturated rings. The number of carbonyl (C=O) groups excluding carboxylic acids is 2. The van der Waals surface area contributed by atoms with Gasteiger partial charge < -0.3 is 10.2 Å². The lowest BCUT2D eigenvalue weighted by Crippen LogP contribution is -2.35. The molecule has 0 bridgehead atoms. The smallest absolute Gasteiger partial charge is 0.345 e. The third-order valence-electron chi connectivity index (χ3n) is 4.91. The summed E-state index contributed by atoms with van der Waals surface area (Å²) in [4.78, 5) is 27.9. The zero-order valence-corrected chi connectivity index (χ0v) is 16.9. The van der Waals surface area contributed by atoms with Crippen molar-refractivity contribution in [2.24, 2.45) is 0 Å². The van der Waals surface area contributed by atoms with Crippen LogP contribution in [-0.4, -0.2) is 48.3 Å². The number of hydrogen-bond acceptors (Lipinski definition) is 3. The highest BCUT2D eigenvalue weighted by Gasteiger charge is 2.36. The summed E-state index contributed by atoms with van der Waals surface area (Å²) in [5.41, 5.74) is 0.393. The average molecular weight is 419 g/mol. The van der Waals surface area contributed by atoms with E-state index >= 15 is 0 Å². The largest absolute Gasteiger partial charge is 0.416 e. The molecule has 1 aliphatic carbocycles. The topological polar surface area (TPSA) is 52.7 Å². The fraction of sp³-hybridized carbons (Fsp3) is 0.364. The Labute approximate surface area is 173 Å². The molecule has 0 atom stereocenters. The monoisotopic (exact) mass is 419 g/mol. The zero-order valence-electron chi connectivity index (χ0n) is 16.9. The molecule has 0 saturated heterocycles. The van der Waals surface area contributed by atoms with Crippen LogP contribution in [0.5, 0.6) is 0 Å². The Balaban J connectivity index is 1.69. The number of carbonyl (C=O) groups is 2. The molecule has 30 heavy (non-hydrogen) atoms. The van der Waals surface area contributed by atoms with E-state index in [1.807, 2.05) is 0 Å². The Morgan fingerprint density at radius 2 is 1.77 bits per heavy atom. The normalized spacial score (nSPS) is 13.9. The van der Waals surface area contributed by atoms with Gasteiger partial charge in [0.2, 0.25) is 5.91 Å². The third kappa shape index (κ3) is 5.60. The minimum absolute atomic E-state index is 0.0251. The maximum Gasteiger partial charge on any atom is 0.416 e. The van der Waals surface area contributed by atoms with Gasteiger partial charge in [0.25, 0.3) is 5.91 Å². The number of amides is 2. The Kier molecular flexibility index (Phi) is 6.45. The second-order valence-corrected chi connectivity index (χ2v) is 7.62. The molecule has 3 rings (SSSR count). The second kappa shape index (κ2) is 8.87. The van der Waals surface area contributed by atoms with Gasteiger partial charge in [-0.05, 0) is 42.7 Å². The van der Waals surface area contributed by atoms with Gasteiger partial charge in [-0.2, -0.15) is 13.2 Å². The number of rotatable bonds is 7. The Bertz CT molecular complexity index is 924. The van der Waals surface area contributed by atoms with Crippen LogP contribution in [0.3, 0.4) is 0 Å². The van der Waals surface area contributed by atoms with Gasteiger partial charge in [0, 0.05) is 37.9 Å². The first-order valence-corrected chi connectivity index (χ1v) is 9.66. The van der Waals surface area contributed by atoms with Crippen molar-refractivity contribution in [2.75, 3.05) is 26.0 Å². The molecule has 160 valence electrons. The van der Waals surface area contributed by atoms with Crippen LogP contribution in [0.1, 0.15) is 34.3 Å². The zero-order chi connectivity index (χ0) is 21.9. The first-order chi connectivity index (χ1) is 14.1. The van der Waals surface area contributed by atoms with Crippen molar-refractivity contribution < 1.29 is 22.8 Å². The molecule has 1 N–H and O–H groups in total. The fourth-order valence-electron chi connectivity index (χ4n) is 3.28. The van der Waals surface area contributed by atoms with E-state index in [9.17, 15) is 22.8 Å². The van der Waals surface area contributed by atoms with Crippen LogP contribution in [0.15, 0.2) is 48.5 Å². The van der Waals surface area contributed by atoms with Crippen LogP contribution in [-0.2, 0) is 17.5 Å². The minimum atomic E-state index is -4.44. The van der Waals surface area contributed by atoms with Crippen molar-refractivity contribution in [1.82, 2.24) is 9.80 Å². The molecule has 2 amide bonds. The molecule has 0 heterocycles.